The van der Waals surface area contributed by atoms with Gasteiger partial charge in [0.1, 0.15) is 0 Å². The molecule has 2 aromatic rings. The molecular formula is C20H25ClN4O3S. The highest BCUT2D eigenvalue weighted by Crippen LogP contribution is 2.25. The Morgan fingerprint density at radius 3 is 2.31 bits per heavy atom. The van der Waals surface area contributed by atoms with Crippen molar-refractivity contribution in [3.8, 4) is 0 Å². The lowest BCUT2D eigenvalue weighted by atomic mass is 10.1. The van der Waals surface area contributed by atoms with Crippen molar-refractivity contribution < 1.29 is 13.2 Å². The topological polar surface area (TPSA) is 95.7 Å². The van der Waals surface area contributed by atoms with Crippen molar-refractivity contribution in [3.63, 3.8) is 0 Å². The molecule has 0 atom stereocenters. The Hall–Kier alpha value is -2.13. The SMILES string of the molecule is NS(=O)(=O)c1ccc(CCNC(=O)CN2CCN(c3ccccc3Cl)CC2)cc1. The lowest BCUT2D eigenvalue weighted by molar-refractivity contribution is -0.122. The van der Waals surface area contributed by atoms with Crippen LogP contribution in [0.1, 0.15) is 5.56 Å². The molecule has 1 aliphatic heterocycles. The van der Waals surface area contributed by atoms with Gasteiger partial charge in [0, 0.05) is 32.7 Å². The van der Waals surface area contributed by atoms with E-state index in [4.69, 9.17) is 16.7 Å². The zero-order valence-corrected chi connectivity index (χ0v) is 17.6. The van der Waals surface area contributed by atoms with Crippen molar-refractivity contribution >= 4 is 33.2 Å². The average Bonchev–Trinajstić information content (AvgIpc) is 2.69. The zero-order valence-electron chi connectivity index (χ0n) is 16.1. The van der Waals surface area contributed by atoms with Gasteiger partial charge >= 0.3 is 0 Å². The second-order valence-electron chi connectivity index (χ2n) is 7.00. The normalized spacial score (nSPS) is 15.3. The van der Waals surface area contributed by atoms with E-state index in [1.807, 2.05) is 24.3 Å². The van der Waals surface area contributed by atoms with E-state index >= 15 is 0 Å². The van der Waals surface area contributed by atoms with E-state index in [2.05, 4.69) is 15.1 Å². The zero-order chi connectivity index (χ0) is 20.9. The summed E-state index contributed by atoms with van der Waals surface area (Å²) in [5.74, 6) is -0.0163. The molecule has 9 heteroatoms. The summed E-state index contributed by atoms with van der Waals surface area (Å²) < 4.78 is 22.5. The molecule has 0 radical (unpaired) electrons. The number of nitrogens with two attached hydrogens (primary N) is 1. The van der Waals surface area contributed by atoms with Gasteiger partial charge in [-0.15, -0.1) is 0 Å². The minimum atomic E-state index is -3.68. The number of piperazine rings is 1. The van der Waals surface area contributed by atoms with Crippen molar-refractivity contribution in [2.75, 3.05) is 44.2 Å². The molecular weight excluding hydrogens is 412 g/mol. The molecule has 3 N–H and O–H groups in total. The van der Waals surface area contributed by atoms with Gasteiger partial charge in [-0.3, -0.25) is 9.69 Å². The van der Waals surface area contributed by atoms with Crippen molar-refractivity contribution in [2.45, 2.75) is 11.3 Å². The van der Waals surface area contributed by atoms with Crippen LogP contribution in [-0.2, 0) is 21.2 Å². The maximum Gasteiger partial charge on any atom is 0.238 e. The first-order valence-corrected chi connectivity index (χ1v) is 11.4. The maximum absolute atomic E-state index is 12.2. The second-order valence-corrected chi connectivity index (χ2v) is 8.97. The lowest BCUT2D eigenvalue weighted by Crippen LogP contribution is -2.49. The van der Waals surface area contributed by atoms with Crippen LogP contribution < -0.4 is 15.4 Å². The summed E-state index contributed by atoms with van der Waals surface area (Å²) in [4.78, 5) is 16.7. The van der Waals surface area contributed by atoms with Gasteiger partial charge in [-0.25, -0.2) is 13.6 Å². The Morgan fingerprint density at radius 1 is 1.03 bits per heavy atom. The Morgan fingerprint density at radius 2 is 1.69 bits per heavy atom. The maximum atomic E-state index is 12.2. The smallest absolute Gasteiger partial charge is 0.238 e. The van der Waals surface area contributed by atoms with Crippen LogP contribution in [0.2, 0.25) is 5.02 Å². The Bertz CT molecular complexity index is 942. The van der Waals surface area contributed by atoms with Gasteiger partial charge in [-0.05, 0) is 36.2 Å². The molecule has 0 aromatic heterocycles. The fourth-order valence-electron chi connectivity index (χ4n) is 3.31. The summed E-state index contributed by atoms with van der Waals surface area (Å²) in [6, 6.07) is 14.2. The average molecular weight is 437 g/mol. The fraction of sp³-hybridized carbons (Fsp3) is 0.350. The van der Waals surface area contributed by atoms with Crippen LogP contribution in [0.4, 0.5) is 5.69 Å². The number of para-hydroxylation sites is 1. The summed E-state index contributed by atoms with van der Waals surface area (Å²) in [7, 11) is -3.68. The van der Waals surface area contributed by atoms with Crippen LogP contribution in [0.25, 0.3) is 0 Å². The van der Waals surface area contributed by atoms with Crippen molar-refractivity contribution in [1.29, 1.82) is 0 Å². The number of anilines is 1. The third-order valence-electron chi connectivity index (χ3n) is 4.92. The Balaban J connectivity index is 1.39. The third kappa shape index (κ3) is 6.17. The van der Waals surface area contributed by atoms with E-state index < -0.39 is 10.0 Å². The van der Waals surface area contributed by atoms with E-state index in [9.17, 15) is 13.2 Å². The van der Waals surface area contributed by atoms with E-state index in [1.54, 1.807) is 12.1 Å². The van der Waals surface area contributed by atoms with Gasteiger partial charge in [0.2, 0.25) is 15.9 Å². The predicted octanol–water partition coefficient (Wildman–Crippen LogP) is 1.47. The molecule has 3 rings (SSSR count). The molecule has 156 valence electrons. The van der Waals surface area contributed by atoms with Gasteiger partial charge < -0.3 is 10.2 Å². The molecule has 0 aliphatic carbocycles. The minimum Gasteiger partial charge on any atom is -0.368 e. The fourth-order valence-corrected chi connectivity index (χ4v) is 4.08. The highest BCUT2D eigenvalue weighted by Gasteiger charge is 2.20. The van der Waals surface area contributed by atoms with E-state index in [0.717, 1.165) is 42.5 Å². The molecule has 1 amide bonds. The Kier molecular flexibility index (Phi) is 7.13. The monoisotopic (exact) mass is 436 g/mol. The molecule has 0 spiro atoms. The van der Waals surface area contributed by atoms with Crippen LogP contribution >= 0.6 is 11.6 Å². The first-order valence-electron chi connectivity index (χ1n) is 9.43. The van der Waals surface area contributed by atoms with Gasteiger partial charge in [0.15, 0.2) is 0 Å². The summed E-state index contributed by atoms with van der Waals surface area (Å²) >= 11 is 6.26. The molecule has 0 bridgehead atoms. The summed E-state index contributed by atoms with van der Waals surface area (Å²) in [6.07, 6.45) is 0.622. The number of hydrogen-bond acceptors (Lipinski definition) is 5. The first kappa shape index (κ1) is 21.6. The molecule has 29 heavy (non-hydrogen) atoms. The number of amides is 1. The largest absolute Gasteiger partial charge is 0.368 e. The number of hydrogen-bond donors (Lipinski definition) is 2. The summed E-state index contributed by atoms with van der Waals surface area (Å²) in [5.41, 5.74) is 1.97. The second kappa shape index (κ2) is 9.58. The van der Waals surface area contributed by atoms with E-state index in [-0.39, 0.29) is 10.8 Å². The number of carbonyl (C=O) groups excluding carboxylic acids is 1. The predicted molar refractivity (Wildman–Crippen MR) is 115 cm³/mol. The van der Waals surface area contributed by atoms with Crippen molar-refractivity contribution in [2.24, 2.45) is 5.14 Å². The molecule has 1 aliphatic rings. The van der Waals surface area contributed by atoms with Crippen LogP contribution in [0, 0.1) is 0 Å². The highest BCUT2D eigenvalue weighted by molar-refractivity contribution is 7.89. The number of sulfonamides is 1. The van der Waals surface area contributed by atoms with Crippen LogP contribution in [0.5, 0.6) is 0 Å². The number of nitrogens with one attached hydrogen (secondary N) is 1. The number of nitrogens with zero attached hydrogens (tertiary/aromatic N) is 2. The molecule has 7 nitrogen and oxygen atoms in total. The molecule has 0 unspecified atom stereocenters. The number of primary sulfonamides is 1. The highest BCUT2D eigenvalue weighted by atomic mass is 35.5. The summed E-state index contributed by atoms with van der Waals surface area (Å²) in [5, 5.41) is 8.75. The molecule has 1 fully saturated rings. The van der Waals surface area contributed by atoms with Crippen LogP contribution in [-0.4, -0.2) is 58.5 Å². The number of rotatable bonds is 7. The van der Waals surface area contributed by atoms with Crippen molar-refractivity contribution in [1.82, 2.24) is 10.2 Å². The van der Waals surface area contributed by atoms with E-state index in [0.29, 0.717) is 19.5 Å². The number of benzene rings is 2. The standard InChI is InChI=1S/C20H25ClN4O3S/c21-18-3-1-2-4-19(18)25-13-11-24(12-14-25)15-20(26)23-10-9-16-5-7-17(8-6-16)29(22,27)28/h1-8H,9-15H2,(H,23,26)(H2,22,27,28). The van der Waals surface area contributed by atoms with Crippen molar-refractivity contribution in [3.05, 3.63) is 59.1 Å². The van der Waals surface area contributed by atoms with Gasteiger partial charge in [-0.2, -0.15) is 0 Å². The van der Waals surface area contributed by atoms with Gasteiger partial charge in [-0.1, -0.05) is 35.9 Å². The quantitative estimate of drug-likeness (QED) is 0.685. The Labute approximate surface area is 176 Å². The first-order chi connectivity index (χ1) is 13.8. The number of halogens is 1. The molecule has 1 heterocycles. The van der Waals surface area contributed by atoms with Crippen LogP contribution in [0.3, 0.4) is 0 Å². The van der Waals surface area contributed by atoms with Gasteiger partial charge in [0.25, 0.3) is 0 Å². The van der Waals surface area contributed by atoms with Gasteiger partial charge in [0.05, 0.1) is 22.2 Å². The third-order valence-corrected chi connectivity index (χ3v) is 6.17. The number of carbonyl (C=O) groups is 1. The lowest BCUT2D eigenvalue weighted by Gasteiger charge is -2.36. The van der Waals surface area contributed by atoms with Crippen LogP contribution in [0.15, 0.2) is 53.4 Å². The molecule has 0 saturated carbocycles. The van der Waals surface area contributed by atoms with E-state index in [1.165, 1.54) is 12.1 Å². The summed E-state index contributed by atoms with van der Waals surface area (Å²) in [6.45, 7) is 4.11. The molecule has 1 saturated heterocycles. The molecule has 2 aromatic carbocycles. The minimum absolute atomic E-state index is 0.0163.